The molecule has 0 bridgehead atoms. The Morgan fingerprint density at radius 3 is 2.24 bits per heavy atom. The van der Waals surface area contributed by atoms with Gasteiger partial charge in [-0.2, -0.15) is 0 Å². The Kier molecular flexibility index (Phi) is 10.6. The second-order valence-electron chi connectivity index (χ2n) is 10.1. The van der Waals surface area contributed by atoms with Crippen LogP contribution in [-0.4, -0.2) is 59.4 Å². The first-order valence-electron chi connectivity index (χ1n) is 14.5. The summed E-state index contributed by atoms with van der Waals surface area (Å²) in [4.78, 5) is 30.7. The number of carbonyl (C=O) groups is 2. The van der Waals surface area contributed by atoms with Gasteiger partial charge in [0, 0.05) is 12.1 Å². The molecule has 0 saturated carbocycles. The van der Waals surface area contributed by atoms with Gasteiger partial charge in [0.2, 0.25) is 0 Å². The Hall–Kier alpha value is -4.10. The lowest BCUT2D eigenvalue weighted by Crippen LogP contribution is -2.33. The van der Waals surface area contributed by atoms with E-state index in [0.29, 0.717) is 47.9 Å². The van der Waals surface area contributed by atoms with Gasteiger partial charge in [-0.25, -0.2) is 0 Å². The first-order valence-corrected chi connectivity index (χ1v) is 14.5. The molecule has 3 aromatic carbocycles. The zero-order valence-electron chi connectivity index (χ0n) is 24.2. The average molecular weight is 557 g/mol. The van der Waals surface area contributed by atoms with Crippen molar-refractivity contribution < 1.29 is 24.2 Å². The number of benzene rings is 3. The van der Waals surface area contributed by atoms with E-state index in [1.807, 2.05) is 54.6 Å². The van der Waals surface area contributed by atoms with E-state index in [2.05, 4.69) is 25.7 Å². The highest BCUT2D eigenvalue weighted by Crippen LogP contribution is 2.41. The third kappa shape index (κ3) is 7.35. The number of aliphatic hydroxyl groups is 1. The Bertz CT molecular complexity index is 1330. The smallest absolute Gasteiger partial charge is 0.295 e. The average Bonchev–Trinajstić information content (AvgIpc) is 3.25. The Labute approximate surface area is 243 Å². The number of unbranched alkanes of at least 4 members (excludes halogenated alkanes) is 1. The number of aliphatic hydroxyl groups excluding tert-OH is 1. The number of Topliss-reactive ketones (excluding diaryl/α,β-unsaturated/α-hetero) is 1. The quantitative estimate of drug-likeness (QED) is 0.102. The summed E-state index contributed by atoms with van der Waals surface area (Å²) in [6, 6.07) is 23.0. The van der Waals surface area contributed by atoms with E-state index in [1.165, 1.54) is 0 Å². The maximum Gasteiger partial charge on any atom is 0.295 e. The van der Waals surface area contributed by atoms with Gasteiger partial charge in [-0.05, 0) is 86.6 Å². The fourth-order valence-electron chi connectivity index (χ4n) is 5.03. The number of hydrogen-bond acceptors (Lipinski definition) is 6. The SMILES string of the molecule is CCCCOc1ccc(C(O)=C2C(=O)C(=O)N(CCCN(CC)CC)C2c2cccc(Oc3ccccc3)c2)cc1. The van der Waals surface area contributed by atoms with E-state index in [1.54, 1.807) is 29.2 Å². The normalized spacial score (nSPS) is 16.4. The zero-order chi connectivity index (χ0) is 29.2. The van der Waals surface area contributed by atoms with Gasteiger partial charge < -0.3 is 24.4 Å². The molecule has 1 fully saturated rings. The number of hydrogen-bond donors (Lipinski definition) is 1. The van der Waals surface area contributed by atoms with Crippen molar-refractivity contribution in [2.24, 2.45) is 0 Å². The maximum absolute atomic E-state index is 13.5. The molecule has 1 saturated heterocycles. The number of ether oxygens (including phenoxy) is 2. The van der Waals surface area contributed by atoms with Crippen molar-refractivity contribution in [1.29, 1.82) is 0 Å². The summed E-state index contributed by atoms with van der Waals surface area (Å²) in [5.41, 5.74) is 1.23. The number of amides is 1. The molecule has 41 heavy (non-hydrogen) atoms. The molecule has 4 rings (SSSR count). The number of nitrogens with zero attached hydrogens (tertiary/aromatic N) is 2. The number of likely N-dealkylation sites (tertiary alicyclic amines) is 1. The zero-order valence-corrected chi connectivity index (χ0v) is 24.2. The molecule has 0 aromatic heterocycles. The minimum atomic E-state index is -0.744. The van der Waals surface area contributed by atoms with Crippen LogP contribution in [0.2, 0.25) is 0 Å². The van der Waals surface area contributed by atoms with Gasteiger partial charge in [-0.1, -0.05) is 57.5 Å². The summed E-state index contributed by atoms with van der Waals surface area (Å²) in [5.74, 6) is 0.455. The van der Waals surface area contributed by atoms with Crippen LogP contribution in [0.3, 0.4) is 0 Å². The number of carbonyl (C=O) groups excluding carboxylic acids is 2. The molecular weight excluding hydrogens is 516 g/mol. The predicted molar refractivity (Wildman–Crippen MR) is 161 cm³/mol. The standard InChI is InChI=1S/C34H40N2O5/c1-4-7-23-40-27-19-17-25(18-20-27)32(37)30-31(36(34(39)33(30)38)22-12-21-35(5-2)6-3)26-13-11-16-29(24-26)41-28-14-9-8-10-15-28/h8-11,13-20,24,31,37H,4-7,12,21-23H2,1-3H3. The first-order chi connectivity index (χ1) is 20.0. The Balaban J connectivity index is 1.69. The molecule has 7 nitrogen and oxygen atoms in total. The van der Waals surface area contributed by atoms with E-state index in [4.69, 9.17) is 9.47 Å². The van der Waals surface area contributed by atoms with Crippen LogP contribution in [0.5, 0.6) is 17.2 Å². The highest BCUT2D eigenvalue weighted by molar-refractivity contribution is 6.46. The maximum atomic E-state index is 13.5. The second kappa shape index (κ2) is 14.5. The van der Waals surface area contributed by atoms with E-state index < -0.39 is 17.7 Å². The van der Waals surface area contributed by atoms with Gasteiger partial charge in [0.05, 0.1) is 18.2 Å². The van der Waals surface area contributed by atoms with Gasteiger partial charge in [0.15, 0.2) is 0 Å². The van der Waals surface area contributed by atoms with Gasteiger partial charge in [0.1, 0.15) is 23.0 Å². The van der Waals surface area contributed by atoms with Gasteiger partial charge in [0.25, 0.3) is 11.7 Å². The topological polar surface area (TPSA) is 79.3 Å². The Morgan fingerprint density at radius 2 is 1.56 bits per heavy atom. The molecule has 0 spiro atoms. The van der Waals surface area contributed by atoms with E-state index in [-0.39, 0.29) is 11.3 Å². The van der Waals surface area contributed by atoms with Crippen molar-refractivity contribution in [3.8, 4) is 17.2 Å². The molecule has 0 aliphatic carbocycles. The lowest BCUT2D eigenvalue weighted by atomic mass is 9.95. The molecule has 1 heterocycles. The van der Waals surface area contributed by atoms with Crippen LogP contribution in [0.25, 0.3) is 5.76 Å². The Morgan fingerprint density at radius 1 is 0.854 bits per heavy atom. The summed E-state index contributed by atoms with van der Waals surface area (Å²) >= 11 is 0. The number of para-hydroxylation sites is 1. The van der Waals surface area contributed by atoms with Gasteiger partial charge >= 0.3 is 0 Å². The van der Waals surface area contributed by atoms with Gasteiger partial charge in [-0.15, -0.1) is 0 Å². The number of rotatable bonds is 14. The summed E-state index contributed by atoms with van der Waals surface area (Å²) in [6.07, 6.45) is 2.69. The molecule has 1 aliphatic heterocycles. The first kappa shape index (κ1) is 29.9. The van der Waals surface area contributed by atoms with Crippen molar-refractivity contribution in [3.05, 3.63) is 95.6 Å². The van der Waals surface area contributed by atoms with Gasteiger partial charge in [-0.3, -0.25) is 9.59 Å². The molecule has 1 unspecified atom stereocenters. The number of ketones is 1. The predicted octanol–water partition coefficient (Wildman–Crippen LogP) is 6.81. The largest absolute Gasteiger partial charge is 0.507 e. The third-order valence-electron chi connectivity index (χ3n) is 7.35. The molecule has 0 radical (unpaired) electrons. The summed E-state index contributed by atoms with van der Waals surface area (Å²) in [6.45, 7) is 9.94. The summed E-state index contributed by atoms with van der Waals surface area (Å²) in [5, 5.41) is 11.5. The van der Waals surface area contributed by atoms with Crippen LogP contribution < -0.4 is 9.47 Å². The fourth-order valence-corrected chi connectivity index (χ4v) is 5.03. The minimum absolute atomic E-state index is 0.0781. The van der Waals surface area contributed by atoms with Crippen molar-refractivity contribution in [2.75, 3.05) is 32.8 Å². The van der Waals surface area contributed by atoms with Crippen molar-refractivity contribution >= 4 is 17.4 Å². The lowest BCUT2D eigenvalue weighted by Gasteiger charge is -2.27. The van der Waals surface area contributed by atoms with Crippen LogP contribution in [-0.2, 0) is 9.59 Å². The van der Waals surface area contributed by atoms with E-state index in [9.17, 15) is 14.7 Å². The van der Waals surface area contributed by atoms with Crippen LogP contribution in [0.15, 0.2) is 84.4 Å². The minimum Gasteiger partial charge on any atom is -0.507 e. The van der Waals surface area contributed by atoms with Crippen molar-refractivity contribution in [3.63, 3.8) is 0 Å². The molecule has 1 N–H and O–H groups in total. The monoisotopic (exact) mass is 556 g/mol. The van der Waals surface area contributed by atoms with Crippen LogP contribution in [0.4, 0.5) is 0 Å². The molecule has 216 valence electrons. The molecule has 1 amide bonds. The molecular formula is C34H40N2O5. The van der Waals surface area contributed by atoms with Crippen LogP contribution >= 0.6 is 0 Å². The summed E-state index contributed by atoms with van der Waals surface area (Å²) < 4.78 is 11.8. The molecule has 1 aliphatic rings. The highest BCUT2D eigenvalue weighted by Gasteiger charge is 2.46. The second-order valence-corrected chi connectivity index (χ2v) is 10.1. The molecule has 7 heteroatoms. The van der Waals surface area contributed by atoms with Crippen LogP contribution in [0.1, 0.15) is 57.2 Å². The van der Waals surface area contributed by atoms with Crippen molar-refractivity contribution in [1.82, 2.24) is 9.80 Å². The van der Waals surface area contributed by atoms with E-state index >= 15 is 0 Å². The third-order valence-corrected chi connectivity index (χ3v) is 7.35. The molecule has 1 atom stereocenters. The van der Waals surface area contributed by atoms with Crippen LogP contribution in [0, 0.1) is 0 Å². The fraction of sp³-hybridized carbons (Fsp3) is 0.353. The lowest BCUT2D eigenvalue weighted by molar-refractivity contribution is -0.140. The summed E-state index contributed by atoms with van der Waals surface area (Å²) in [7, 11) is 0. The van der Waals surface area contributed by atoms with Crippen molar-refractivity contribution in [2.45, 2.75) is 46.1 Å². The van der Waals surface area contributed by atoms with E-state index in [0.717, 1.165) is 32.5 Å². The molecule has 3 aromatic rings. The highest BCUT2D eigenvalue weighted by atomic mass is 16.5.